The third kappa shape index (κ3) is 4.76. The molecular weight excluding hydrogens is 376 g/mol. The fraction of sp³-hybridized carbons (Fsp3) is 0.200. The minimum absolute atomic E-state index is 0.00576. The predicted octanol–water partition coefficient (Wildman–Crippen LogP) is 4.75. The van der Waals surface area contributed by atoms with Crippen LogP contribution in [0.25, 0.3) is 11.3 Å². The Kier molecular flexibility index (Phi) is 5.77. The topological polar surface area (TPSA) is 55.1 Å². The summed E-state index contributed by atoms with van der Waals surface area (Å²) in [7, 11) is 0. The number of benzene rings is 2. The van der Waals surface area contributed by atoms with Gasteiger partial charge in [0.25, 0.3) is 0 Å². The third-order valence-corrected chi connectivity index (χ3v) is 4.16. The minimum Gasteiger partial charge on any atom is -0.364 e. The van der Waals surface area contributed by atoms with Crippen LogP contribution in [0.5, 0.6) is 0 Å². The second-order valence-corrected chi connectivity index (χ2v) is 6.13. The summed E-state index contributed by atoms with van der Waals surface area (Å²) in [6.07, 6.45) is -2.84. The molecule has 0 bridgehead atoms. The SMILES string of the molecule is O=C(CCc1conc1-c1cccc(F)c1)NCc1ccccc1C(F)(F)F. The Morgan fingerprint density at radius 1 is 1.07 bits per heavy atom. The Morgan fingerprint density at radius 2 is 1.86 bits per heavy atom. The van der Waals surface area contributed by atoms with Crippen molar-refractivity contribution in [3.63, 3.8) is 0 Å². The van der Waals surface area contributed by atoms with Crippen LogP contribution in [0.1, 0.15) is 23.1 Å². The van der Waals surface area contributed by atoms with Crippen LogP contribution in [0.3, 0.4) is 0 Å². The van der Waals surface area contributed by atoms with Gasteiger partial charge in [-0.1, -0.05) is 35.5 Å². The van der Waals surface area contributed by atoms with E-state index in [4.69, 9.17) is 4.52 Å². The number of alkyl halides is 3. The van der Waals surface area contributed by atoms with Crippen LogP contribution in [0.15, 0.2) is 59.3 Å². The number of hydrogen-bond donors (Lipinski definition) is 1. The molecule has 0 saturated heterocycles. The molecule has 0 fully saturated rings. The van der Waals surface area contributed by atoms with Crippen molar-refractivity contribution in [2.45, 2.75) is 25.6 Å². The summed E-state index contributed by atoms with van der Waals surface area (Å²) >= 11 is 0. The molecule has 0 unspecified atom stereocenters. The van der Waals surface area contributed by atoms with Gasteiger partial charge in [-0.15, -0.1) is 0 Å². The van der Waals surface area contributed by atoms with Crippen LogP contribution < -0.4 is 5.32 Å². The Morgan fingerprint density at radius 3 is 2.61 bits per heavy atom. The molecule has 1 N–H and O–H groups in total. The second-order valence-electron chi connectivity index (χ2n) is 6.13. The average Bonchev–Trinajstić information content (AvgIpc) is 3.13. The van der Waals surface area contributed by atoms with E-state index in [1.165, 1.54) is 42.7 Å². The predicted molar refractivity (Wildman–Crippen MR) is 93.5 cm³/mol. The zero-order chi connectivity index (χ0) is 20.1. The van der Waals surface area contributed by atoms with E-state index < -0.39 is 23.5 Å². The third-order valence-electron chi connectivity index (χ3n) is 4.16. The van der Waals surface area contributed by atoms with Crippen LogP contribution in [0.4, 0.5) is 17.6 Å². The zero-order valence-corrected chi connectivity index (χ0v) is 14.6. The molecule has 0 radical (unpaired) electrons. The highest BCUT2D eigenvalue weighted by Crippen LogP contribution is 2.31. The zero-order valence-electron chi connectivity index (χ0n) is 14.6. The molecule has 3 aromatic rings. The van der Waals surface area contributed by atoms with Gasteiger partial charge in [0.05, 0.1) is 5.56 Å². The van der Waals surface area contributed by atoms with E-state index in [1.807, 2.05) is 0 Å². The standard InChI is InChI=1S/C20H16F4N2O2/c21-16-6-3-5-13(10-16)19-15(12-28-26-19)8-9-18(27)25-11-14-4-1-2-7-17(14)20(22,23)24/h1-7,10,12H,8-9,11H2,(H,25,27). The molecule has 8 heteroatoms. The van der Waals surface area contributed by atoms with Gasteiger partial charge in [0, 0.05) is 24.1 Å². The molecule has 0 atom stereocenters. The number of amides is 1. The summed E-state index contributed by atoms with van der Waals surface area (Å²) < 4.78 is 57.3. The van der Waals surface area contributed by atoms with Gasteiger partial charge in [0.2, 0.25) is 5.91 Å². The number of aromatic nitrogens is 1. The van der Waals surface area contributed by atoms with Gasteiger partial charge < -0.3 is 9.84 Å². The van der Waals surface area contributed by atoms with Crippen molar-refractivity contribution in [1.82, 2.24) is 10.5 Å². The monoisotopic (exact) mass is 392 g/mol. The van der Waals surface area contributed by atoms with Crippen LogP contribution >= 0.6 is 0 Å². The number of hydrogen-bond acceptors (Lipinski definition) is 3. The van der Waals surface area contributed by atoms with E-state index in [0.717, 1.165) is 6.07 Å². The van der Waals surface area contributed by atoms with Gasteiger partial charge in [-0.2, -0.15) is 13.2 Å². The lowest BCUT2D eigenvalue weighted by Gasteiger charge is -2.13. The molecule has 0 aliphatic rings. The molecule has 0 aliphatic carbocycles. The Labute approximate surface area is 158 Å². The molecule has 1 amide bonds. The number of aryl methyl sites for hydroxylation is 1. The van der Waals surface area contributed by atoms with Crippen LogP contribution in [-0.4, -0.2) is 11.1 Å². The van der Waals surface area contributed by atoms with Gasteiger partial charge in [-0.25, -0.2) is 4.39 Å². The molecule has 0 spiro atoms. The Hall–Kier alpha value is -3.16. The second kappa shape index (κ2) is 8.24. The van der Waals surface area contributed by atoms with E-state index in [-0.39, 0.29) is 24.9 Å². The summed E-state index contributed by atoms with van der Waals surface area (Å²) in [5, 5.41) is 6.33. The first kappa shape index (κ1) is 19.6. The van der Waals surface area contributed by atoms with Gasteiger partial charge in [0.15, 0.2) is 0 Å². The van der Waals surface area contributed by atoms with Crippen molar-refractivity contribution in [2.24, 2.45) is 0 Å². The minimum atomic E-state index is -4.48. The number of carbonyl (C=O) groups is 1. The fourth-order valence-corrected chi connectivity index (χ4v) is 2.79. The maximum atomic E-state index is 13.4. The van der Waals surface area contributed by atoms with Crippen molar-refractivity contribution in [1.29, 1.82) is 0 Å². The number of nitrogens with zero attached hydrogens (tertiary/aromatic N) is 1. The van der Waals surface area contributed by atoms with Crippen molar-refractivity contribution < 1.29 is 26.9 Å². The molecule has 0 saturated carbocycles. The van der Waals surface area contributed by atoms with Gasteiger partial charge in [-0.3, -0.25) is 4.79 Å². The van der Waals surface area contributed by atoms with E-state index in [9.17, 15) is 22.4 Å². The molecule has 1 heterocycles. The largest absolute Gasteiger partial charge is 0.416 e. The van der Waals surface area contributed by atoms with E-state index in [2.05, 4.69) is 10.5 Å². The van der Waals surface area contributed by atoms with Gasteiger partial charge in [-0.05, 0) is 30.2 Å². The Bertz CT molecular complexity index is 967. The summed E-state index contributed by atoms with van der Waals surface area (Å²) in [4.78, 5) is 12.1. The number of rotatable bonds is 6. The van der Waals surface area contributed by atoms with E-state index in [0.29, 0.717) is 16.8 Å². The summed E-state index contributed by atoms with van der Waals surface area (Å²) in [6, 6.07) is 10.9. The molecule has 3 rings (SSSR count). The van der Waals surface area contributed by atoms with Crippen molar-refractivity contribution in [3.8, 4) is 11.3 Å². The molecule has 4 nitrogen and oxygen atoms in total. The number of carbonyl (C=O) groups excluding carboxylic acids is 1. The lowest BCUT2D eigenvalue weighted by molar-refractivity contribution is -0.138. The molecular formula is C20H16F4N2O2. The van der Waals surface area contributed by atoms with Crippen molar-refractivity contribution >= 4 is 5.91 Å². The summed E-state index contributed by atoms with van der Waals surface area (Å²) in [6.45, 7) is -0.227. The molecule has 146 valence electrons. The van der Waals surface area contributed by atoms with E-state index >= 15 is 0 Å². The first-order valence-corrected chi connectivity index (χ1v) is 8.45. The lowest BCUT2D eigenvalue weighted by Crippen LogP contribution is -2.24. The Balaban J connectivity index is 1.60. The van der Waals surface area contributed by atoms with Crippen LogP contribution in [0.2, 0.25) is 0 Å². The lowest BCUT2D eigenvalue weighted by atomic mass is 10.0. The first-order chi connectivity index (χ1) is 13.3. The van der Waals surface area contributed by atoms with Gasteiger partial charge in [0.1, 0.15) is 17.8 Å². The fourth-order valence-electron chi connectivity index (χ4n) is 2.79. The van der Waals surface area contributed by atoms with E-state index in [1.54, 1.807) is 6.07 Å². The number of nitrogens with one attached hydrogen (secondary N) is 1. The normalized spacial score (nSPS) is 11.4. The van der Waals surface area contributed by atoms with Crippen molar-refractivity contribution in [3.05, 3.63) is 77.3 Å². The maximum Gasteiger partial charge on any atom is 0.416 e. The van der Waals surface area contributed by atoms with Gasteiger partial charge >= 0.3 is 6.18 Å². The highest BCUT2D eigenvalue weighted by Gasteiger charge is 2.32. The van der Waals surface area contributed by atoms with Crippen LogP contribution in [-0.2, 0) is 23.9 Å². The maximum absolute atomic E-state index is 13.4. The molecule has 2 aromatic carbocycles. The molecule has 0 aliphatic heterocycles. The highest BCUT2D eigenvalue weighted by atomic mass is 19.4. The molecule has 1 aromatic heterocycles. The quantitative estimate of drug-likeness (QED) is 0.616. The highest BCUT2D eigenvalue weighted by molar-refractivity contribution is 5.76. The smallest absolute Gasteiger partial charge is 0.364 e. The average molecular weight is 392 g/mol. The van der Waals surface area contributed by atoms with Crippen LogP contribution in [0, 0.1) is 5.82 Å². The van der Waals surface area contributed by atoms with Crippen molar-refractivity contribution in [2.75, 3.05) is 0 Å². The first-order valence-electron chi connectivity index (χ1n) is 8.45. The molecule has 28 heavy (non-hydrogen) atoms. The summed E-state index contributed by atoms with van der Waals surface area (Å²) in [5.41, 5.74) is 0.769. The summed E-state index contributed by atoms with van der Waals surface area (Å²) in [5.74, 6) is -0.837. The number of halogens is 4.